The minimum atomic E-state index is -0.822. The van der Waals surface area contributed by atoms with Crippen LogP contribution in [0.1, 0.15) is 33.3 Å². The van der Waals surface area contributed by atoms with E-state index in [9.17, 15) is 14.0 Å². The van der Waals surface area contributed by atoms with Crippen LogP contribution >= 0.6 is 0 Å². The van der Waals surface area contributed by atoms with Crippen molar-refractivity contribution in [1.82, 2.24) is 10.2 Å². The van der Waals surface area contributed by atoms with E-state index >= 15 is 0 Å². The highest BCUT2D eigenvalue weighted by Crippen LogP contribution is 2.26. The molecule has 0 saturated heterocycles. The summed E-state index contributed by atoms with van der Waals surface area (Å²) in [4.78, 5) is 27.0. The number of nitrogens with zero attached hydrogens (tertiary/aromatic N) is 1. The van der Waals surface area contributed by atoms with Gasteiger partial charge in [-0.15, -0.1) is 0 Å². The lowest BCUT2D eigenvalue weighted by Crippen LogP contribution is -2.53. The molecule has 0 aliphatic heterocycles. The fraction of sp³-hybridized carbons (Fsp3) is 0.391. The summed E-state index contributed by atoms with van der Waals surface area (Å²) in [6.45, 7) is 6.80. The molecule has 0 aliphatic carbocycles. The first-order valence-electron chi connectivity index (χ1n) is 9.73. The second-order valence-corrected chi connectivity index (χ2v) is 7.97. The summed E-state index contributed by atoms with van der Waals surface area (Å²) in [5, 5.41) is 2.86. The maximum atomic E-state index is 14.2. The first kappa shape index (κ1) is 23.2. The number of carbonyl (C=O) groups excluding carboxylic acids is 2. The first-order valence-corrected chi connectivity index (χ1v) is 9.73. The topological polar surface area (TPSA) is 67.9 Å². The van der Waals surface area contributed by atoms with Crippen molar-refractivity contribution >= 4 is 11.8 Å². The van der Waals surface area contributed by atoms with Gasteiger partial charge in [-0.2, -0.15) is 0 Å². The lowest BCUT2D eigenvalue weighted by atomic mass is 10.1. The van der Waals surface area contributed by atoms with Crippen LogP contribution in [0.25, 0.3) is 0 Å². The summed E-state index contributed by atoms with van der Waals surface area (Å²) < 4.78 is 25.1. The third-order valence-corrected chi connectivity index (χ3v) is 4.38. The summed E-state index contributed by atoms with van der Waals surface area (Å²) in [5.74, 6) is -0.315. The largest absolute Gasteiger partial charge is 0.493 e. The van der Waals surface area contributed by atoms with Crippen LogP contribution in [-0.2, 0) is 16.1 Å². The van der Waals surface area contributed by atoms with Crippen molar-refractivity contribution in [3.05, 3.63) is 59.9 Å². The van der Waals surface area contributed by atoms with E-state index in [1.807, 2.05) is 20.8 Å². The molecule has 0 aliphatic rings. The molecule has 2 aromatic rings. The Morgan fingerprint density at radius 3 is 2.27 bits per heavy atom. The molecule has 0 fully saturated rings. The predicted molar refractivity (Wildman–Crippen MR) is 113 cm³/mol. The molecule has 0 bridgehead atoms. The molecular formula is C23H29FN2O4. The van der Waals surface area contributed by atoms with Gasteiger partial charge >= 0.3 is 0 Å². The van der Waals surface area contributed by atoms with Crippen LogP contribution < -0.4 is 14.8 Å². The number of nitrogens with one attached hydrogen (secondary N) is 1. The smallest absolute Gasteiger partial charge is 0.261 e. The molecule has 0 radical (unpaired) electrons. The molecule has 162 valence electrons. The fourth-order valence-electron chi connectivity index (χ4n) is 2.83. The van der Waals surface area contributed by atoms with Gasteiger partial charge in [-0.3, -0.25) is 9.59 Å². The van der Waals surface area contributed by atoms with Crippen molar-refractivity contribution in [2.75, 3.05) is 13.7 Å². The molecule has 2 rings (SSSR count). The fourth-order valence-corrected chi connectivity index (χ4v) is 2.83. The second kappa shape index (κ2) is 10.1. The Kier molecular flexibility index (Phi) is 7.80. The predicted octanol–water partition coefficient (Wildman–Crippen LogP) is 3.55. The van der Waals surface area contributed by atoms with E-state index in [0.29, 0.717) is 17.1 Å². The molecule has 2 aromatic carbocycles. The Morgan fingerprint density at radius 2 is 1.67 bits per heavy atom. The molecule has 1 N–H and O–H groups in total. The monoisotopic (exact) mass is 416 g/mol. The van der Waals surface area contributed by atoms with Gasteiger partial charge in [0.25, 0.3) is 5.91 Å². The molecule has 2 amide bonds. The summed E-state index contributed by atoms with van der Waals surface area (Å²) >= 11 is 0. The highest BCUT2D eigenvalue weighted by molar-refractivity contribution is 5.88. The van der Waals surface area contributed by atoms with Gasteiger partial charge < -0.3 is 19.7 Å². The van der Waals surface area contributed by atoms with Crippen LogP contribution in [0.15, 0.2) is 48.5 Å². The van der Waals surface area contributed by atoms with E-state index < -0.39 is 23.3 Å². The van der Waals surface area contributed by atoms with Gasteiger partial charge in [-0.05, 0) is 45.9 Å². The third kappa shape index (κ3) is 6.47. The maximum absolute atomic E-state index is 14.2. The second-order valence-electron chi connectivity index (χ2n) is 7.97. The van der Waals surface area contributed by atoms with Crippen molar-refractivity contribution in [2.24, 2.45) is 0 Å². The molecule has 0 spiro atoms. The van der Waals surface area contributed by atoms with E-state index in [2.05, 4.69) is 5.32 Å². The van der Waals surface area contributed by atoms with Crippen molar-refractivity contribution in [3.8, 4) is 11.5 Å². The molecule has 0 aromatic heterocycles. The maximum Gasteiger partial charge on any atom is 0.261 e. The Labute approximate surface area is 177 Å². The molecule has 0 heterocycles. The number of halogens is 1. The van der Waals surface area contributed by atoms with Gasteiger partial charge in [0.2, 0.25) is 5.91 Å². The van der Waals surface area contributed by atoms with Gasteiger partial charge in [0.1, 0.15) is 11.9 Å². The Hall–Kier alpha value is -3.09. The van der Waals surface area contributed by atoms with Crippen molar-refractivity contribution in [2.45, 2.75) is 45.8 Å². The standard InChI is InChI=1S/C23H29FN2O4/c1-16(22(28)25-23(2,3)4)26(14-17-10-6-7-11-18(17)24)21(27)15-30-20-13-9-8-12-19(20)29-5/h6-13,16H,14-15H2,1-5H3,(H,25,28)/t16-/m0/s1. The van der Waals surface area contributed by atoms with E-state index in [4.69, 9.17) is 9.47 Å². The molecule has 30 heavy (non-hydrogen) atoms. The number of ether oxygens (including phenoxy) is 2. The molecule has 0 saturated carbocycles. The molecule has 6 nitrogen and oxygen atoms in total. The van der Waals surface area contributed by atoms with Crippen LogP contribution in [0, 0.1) is 5.82 Å². The van der Waals surface area contributed by atoms with Gasteiger partial charge in [0.05, 0.1) is 7.11 Å². The Bertz CT molecular complexity index is 880. The number of rotatable bonds is 8. The average molecular weight is 416 g/mol. The minimum absolute atomic E-state index is 0.0560. The molecular weight excluding hydrogens is 387 g/mol. The summed E-state index contributed by atoms with van der Waals surface area (Å²) in [6, 6.07) is 12.3. The van der Waals surface area contributed by atoms with Gasteiger partial charge in [-0.1, -0.05) is 30.3 Å². The normalized spacial score (nSPS) is 12.1. The zero-order valence-corrected chi connectivity index (χ0v) is 18.1. The van der Waals surface area contributed by atoms with Crippen molar-refractivity contribution < 1.29 is 23.5 Å². The zero-order valence-electron chi connectivity index (χ0n) is 18.1. The number of methoxy groups -OCH3 is 1. The van der Waals surface area contributed by atoms with Gasteiger partial charge in [0.15, 0.2) is 18.1 Å². The third-order valence-electron chi connectivity index (χ3n) is 4.38. The highest BCUT2D eigenvalue weighted by atomic mass is 19.1. The SMILES string of the molecule is COc1ccccc1OCC(=O)N(Cc1ccccc1F)[C@@H](C)C(=O)NC(C)(C)C. The quantitative estimate of drug-likeness (QED) is 0.715. The van der Waals surface area contributed by atoms with Crippen molar-refractivity contribution in [1.29, 1.82) is 0 Å². The Balaban J connectivity index is 2.22. The summed E-state index contributed by atoms with van der Waals surface area (Å²) in [6.07, 6.45) is 0. The van der Waals surface area contributed by atoms with Gasteiger partial charge in [0, 0.05) is 17.6 Å². The van der Waals surface area contributed by atoms with Crippen molar-refractivity contribution in [3.63, 3.8) is 0 Å². The van der Waals surface area contributed by atoms with Crippen LogP contribution in [0.4, 0.5) is 4.39 Å². The average Bonchev–Trinajstić information content (AvgIpc) is 2.69. The van der Waals surface area contributed by atoms with Crippen LogP contribution in [0.3, 0.4) is 0 Å². The van der Waals surface area contributed by atoms with Crippen LogP contribution in [0.5, 0.6) is 11.5 Å². The van der Waals surface area contributed by atoms with Crippen LogP contribution in [-0.4, -0.2) is 42.0 Å². The number of hydrogen-bond donors (Lipinski definition) is 1. The number of hydrogen-bond acceptors (Lipinski definition) is 4. The molecule has 7 heteroatoms. The number of para-hydroxylation sites is 2. The minimum Gasteiger partial charge on any atom is -0.493 e. The lowest BCUT2D eigenvalue weighted by Gasteiger charge is -2.31. The van der Waals surface area contributed by atoms with Crippen LogP contribution in [0.2, 0.25) is 0 Å². The summed E-state index contributed by atoms with van der Waals surface area (Å²) in [7, 11) is 1.51. The van der Waals surface area contributed by atoms with E-state index in [-0.39, 0.29) is 19.1 Å². The van der Waals surface area contributed by atoms with E-state index in [1.165, 1.54) is 18.1 Å². The summed E-state index contributed by atoms with van der Waals surface area (Å²) in [5.41, 5.74) is -0.148. The highest BCUT2D eigenvalue weighted by Gasteiger charge is 2.29. The molecule has 0 unspecified atom stereocenters. The van der Waals surface area contributed by atoms with E-state index in [0.717, 1.165) is 0 Å². The van der Waals surface area contributed by atoms with E-state index in [1.54, 1.807) is 49.4 Å². The van der Waals surface area contributed by atoms with Gasteiger partial charge in [-0.25, -0.2) is 4.39 Å². The first-order chi connectivity index (χ1) is 14.1. The number of amides is 2. The molecule has 1 atom stereocenters. The lowest BCUT2D eigenvalue weighted by molar-refractivity contribution is -0.142. The number of carbonyl (C=O) groups is 2. The Morgan fingerprint density at radius 1 is 1.07 bits per heavy atom. The number of benzene rings is 2. The zero-order chi connectivity index (χ0) is 22.3.